The van der Waals surface area contributed by atoms with Crippen LogP contribution in [0.1, 0.15) is 38.3 Å². The van der Waals surface area contributed by atoms with Crippen LogP contribution in [0.15, 0.2) is 57.6 Å². The lowest BCUT2D eigenvalue weighted by molar-refractivity contribution is -0.138. The lowest BCUT2D eigenvalue weighted by atomic mass is 10.1. The summed E-state index contributed by atoms with van der Waals surface area (Å²) in [5.41, 5.74) is 1.32. The van der Waals surface area contributed by atoms with Crippen LogP contribution in [0.5, 0.6) is 11.5 Å². The van der Waals surface area contributed by atoms with Crippen LogP contribution in [-0.2, 0) is 20.9 Å². The van der Waals surface area contributed by atoms with Crippen molar-refractivity contribution in [3.05, 3.63) is 73.8 Å². The lowest BCUT2D eigenvalue weighted by Gasteiger charge is -2.13. The second-order valence-electron chi connectivity index (χ2n) is 7.38. The monoisotopic (exact) mass is 549 g/mol. The highest BCUT2D eigenvalue weighted by Gasteiger charge is 2.33. The first-order valence-electron chi connectivity index (χ1n) is 11.2. The molecule has 0 aliphatic carbocycles. The van der Waals surface area contributed by atoms with Gasteiger partial charge in [-0.25, -0.2) is 9.79 Å². The van der Waals surface area contributed by atoms with E-state index in [1.807, 2.05) is 6.92 Å². The summed E-state index contributed by atoms with van der Waals surface area (Å²) in [6.07, 6.45) is 1.83. The normalized spacial score (nSPS) is 15.5. The number of amides is 1. The maximum Gasteiger partial charge on any atom is 0.344 e. The summed E-state index contributed by atoms with van der Waals surface area (Å²) in [6, 6.07) is 10.4. The van der Waals surface area contributed by atoms with E-state index in [9.17, 15) is 14.7 Å². The van der Waals surface area contributed by atoms with Crippen molar-refractivity contribution in [2.45, 2.75) is 33.8 Å². The number of esters is 1. The smallest absolute Gasteiger partial charge is 0.344 e. The van der Waals surface area contributed by atoms with Crippen LogP contribution in [0.4, 0.5) is 0 Å². The van der Waals surface area contributed by atoms with Crippen molar-refractivity contribution in [1.29, 1.82) is 0 Å². The van der Waals surface area contributed by atoms with E-state index in [0.717, 1.165) is 17.3 Å². The second kappa shape index (κ2) is 12.9. The number of aliphatic imine (C=N–C) groups is 1. The molecule has 1 heterocycles. The van der Waals surface area contributed by atoms with E-state index >= 15 is 0 Å². The third kappa shape index (κ3) is 6.84. The zero-order valence-electron chi connectivity index (χ0n) is 20.0. The van der Waals surface area contributed by atoms with Gasteiger partial charge in [-0.05, 0) is 49.8 Å². The number of benzene rings is 2. The van der Waals surface area contributed by atoms with Crippen molar-refractivity contribution in [1.82, 2.24) is 0 Å². The van der Waals surface area contributed by atoms with Gasteiger partial charge in [0.1, 0.15) is 23.0 Å². The molecule has 3 rings (SSSR count). The molecule has 7 nitrogen and oxygen atoms in total. The van der Waals surface area contributed by atoms with Crippen molar-refractivity contribution in [2.75, 3.05) is 13.2 Å². The first kappa shape index (κ1) is 27.6. The van der Waals surface area contributed by atoms with Crippen LogP contribution in [0, 0.1) is 0 Å². The zero-order valence-corrected chi connectivity index (χ0v) is 22.3. The van der Waals surface area contributed by atoms with Gasteiger partial charge in [-0.1, -0.05) is 54.0 Å². The molecule has 36 heavy (non-hydrogen) atoms. The summed E-state index contributed by atoms with van der Waals surface area (Å²) in [5.74, 6) is -0.449. The molecule has 190 valence electrons. The Labute approximate surface area is 223 Å². The minimum atomic E-state index is -0.742. The number of carbonyl (C=O) groups excluding carboxylic acids is 2. The Balaban J connectivity index is 1.91. The molecular weight excluding hydrogens is 525 g/mol. The molecule has 0 bridgehead atoms. The molecule has 0 unspecified atom stereocenters. The summed E-state index contributed by atoms with van der Waals surface area (Å²) < 4.78 is 16.7. The van der Waals surface area contributed by atoms with Gasteiger partial charge in [-0.2, -0.15) is 0 Å². The van der Waals surface area contributed by atoms with E-state index in [1.54, 1.807) is 56.3 Å². The number of hydrogen-bond acceptors (Lipinski definition) is 7. The number of aliphatic hydroxyl groups excluding tert-OH is 1. The molecule has 0 saturated carbocycles. The number of rotatable bonds is 9. The van der Waals surface area contributed by atoms with Crippen molar-refractivity contribution in [2.24, 2.45) is 4.99 Å². The number of halogens is 2. The number of nitrogens with zero attached hydrogens (tertiary/aromatic N) is 1. The zero-order chi connectivity index (χ0) is 26.2. The predicted molar refractivity (Wildman–Crippen MR) is 143 cm³/mol. The largest absolute Gasteiger partial charge is 0.506 e. The molecule has 0 spiro atoms. The standard InChI is InChI=1S/C26H25Cl2NO6S/c1-4-22(30)29-25-23(26(32)34-6-3)24(31)21(36-25)12-15-7-10-19(20(11-15)33-5-2)35-14-16-8-9-17(27)13-18(16)28/h7-13,31H,4-6,14H2,1-3H3/b21-12-,29-25?. The molecule has 0 fully saturated rings. The number of ether oxygens (including phenoxy) is 3. The molecule has 2 aromatic rings. The van der Waals surface area contributed by atoms with Gasteiger partial charge in [0.15, 0.2) is 11.5 Å². The van der Waals surface area contributed by atoms with Gasteiger partial charge in [0.05, 0.1) is 18.1 Å². The number of thioether (sulfide) groups is 1. The first-order chi connectivity index (χ1) is 17.3. The average Bonchev–Trinajstić information content (AvgIpc) is 3.14. The average molecular weight is 550 g/mol. The summed E-state index contributed by atoms with van der Waals surface area (Å²) in [4.78, 5) is 28.6. The molecule has 0 aromatic heterocycles. The van der Waals surface area contributed by atoms with Crippen molar-refractivity contribution >= 4 is 58.0 Å². The quantitative estimate of drug-likeness (QED) is 0.345. The number of hydrogen-bond donors (Lipinski definition) is 1. The van der Waals surface area contributed by atoms with Crippen molar-refractivity contribution < 1.29 is 28.9 Å². The highest BCUT2D eigenvalue weighted by Crippen LogP contribution is 2.40. The number of aliphatic hydroxyl groups is 1. The maximum absolute atomic E-state index is 12.4. The lowest BCUT2D eigenvalue weighted by Crippen LogP contribution is -2.14. The van der Waals surface area contributed by atoms with Gasteiger partial charge in [-0.3, -0.25) is 4.79 Å². The van der Waals surface area contributed by atoms with E-state index in [2.05, 4.69) is 4.99 Å². The molecule has 1 N–H and O–H groups in total. The van der Waals surface area contributed by atoms with Crippen LogP contribution < -0.4 is 9.47 Å². The summed E-state index contributed by atoms with van der Waals surface area (Å²) in [6.45, 7) is 5.91. The van der Waals surface area contributed by atoms with Crippen molar-refractivity contribution in [3.63, 3.8) is 0 Å². The van der Waals surface area contributed by atoms with Gasteiger partial charge in [0.2, 0.25) is 5.91 Å². The van der Waals surface area contributed by atoms with E-state index in [1.165, 1.54) is 0 Å². The molecule has 0 saturated heterocycles. The van der Waals surface area contributed by atoms with Gasteiger partial charge in [0.25, 0.3) is 0 Å². The van der Waals surface area contributed by atoms with Crippen LogP contribution in [0.3, 0.4) is 0 Å². The Kier molecular flexibility index (Phi) is 9.87. The minimum Gasteiger partial charge on any atom is -0.506 e. The third-order valence-electron chi connectivity index (χ3n) is 4.86. The van der Waals surface area contributed by atoms with Crippen molar-refractivity contribution in [3.8, 4) is 11.5 Å². The highest BCUT2D eigenvalue weighted by molar-refractivity contribution is 8.18. The molecule has 0 radical (unpaired) electrons. The van der Waals surface area contributed by atoms with Gasteiger partial charge in [0, 0.05) is 22.0 Å². The minimum absolute atomic E-state index is 0.105. The highest BCUT2D eigenvalue weighted by atomic mass is 35.5. The fourth-order valence-electron chi connectivity index (χ4n) is 3.13. The maximum atomic E-state index is 12.4. The van der Waals surface area contributed by atoms with Gasteiger partial charge >= 0.3 is 5.97 Å². The van der Waals surface area contributed by atoms with Crippen LogP contribution >= 0.6 is 35.0 Å². The Bertz CT molecular complexity index is 1250. The summed E-state index contributed by atoms with van der Waals surface area (Å²) in [5, 5.41) is 11.9. The Hall–Kier alpha value is -2.94. The first-order valence-corrected chi connectivity index (χ1v) is 12.8. The van der Waals surface area contributed by atoms with E-state index in [4.69, 9.17) is 37.4 Å². The Morgan fingerprint density at radius 2 is 1.81 bits per heavy atom. The predicted octanol–water partition coefficient (Wildman–Crippen LogP) is 6.77. The molecule has 1 aliphatic heterocycles. The molecule has 2 aromatic carbocycles. The van der Waals surface area contributed by atoms with E-state index < -0.39 is 11.9 Å². The Morgan fingerprint density at radius 1 is 1.03 bits per heavy atom. The molecule has 10 heteroatoms. The molecular formula is C26H25Cl2NO6S. The second-order valence-corrected chi connectivity index (χ2v) is 9.26. The fraction of sp³-hybridized carbons (Fsp3) is 0.269. The fourth-order valence-corrected chi connectivity index (χ4v) is 4.63. The van der Waals surface area contributed by atoms with Crippen LogP contribution in [-0.4, -0.2) is 35.2 Å². The van der Waals surface area contributed by atoms with E-state index in [-0.39, 0.29) is 36.0 Å². The molecule has 0 atom stereocenters. The SMILES string of the molecule is CCOC(=O)C1=C(O)/C(=C/c2ccc(OCc3ccc(Cl)cc3Cl)c(OCC)c2)SC1=NC(=O)CC. The molecule has 1 aliphatic rings. The summed E-state index contributed by atoms with van der Waals surface area (Å²) in [7, 11) is 0. The third-order valence-corrected chi connectivity index (χ3v) is 6.47. The van der Waals surface area contributed by atoms with Gasteiger partial charge in [-0.15, -0.1) is 0 Å². The van der Waals surface area contributed by atoms with Crippen LogP contribution in [0.2, 0.25) is 10.0 Å². The topological polar surface area (TPSA) is 94.4 Å². The number of carbonyl (C=O) groups is 2. The van der Waals surface area contributed by atoms with Crippen LogP contribution in [0.25, 0.3) is 6.08 Å². The molecule has 1 amide bonds. The summed E-state index contributed by atoms with van der Waals surface area (Å²) >= 11 is 13.2. The Morgan fingerprint density at radius 3 is 2.47 bits per heavy atom. The van der Waals surface area contributed by atoms with Gasteiger partial charge < -0.3 is 19.3 Å². The van der Waals surface area contributed by atoms with E-state index in [0.29, 0.717) is 38.6 Å².